The summed E-state index contributed by atoms with van der Waals surface area (Å²) in [5.41, 5.74) is -5.05. The number of carbonyl (C=O) groups is 1. The van der Waals surface area contributed by atoms with Crippen LogP contribution in [0.1, 0.15) is 35.7 Å². The first kappa shape index (κ1) is 20.5. The molecule has 1 amide bonds. The number of carbonyl (C=O) groups excluding carboxylic acids is 1. The van der Waals surface area contributed by atoms with Crippen LogP contribution in [-0.4, -0.2) is 50.4 Å². The van der Waals surface area contributed by atoms with E-state index in [-0.39, 0.29) is 23.2 Å². The minimum absolute atomic E-state index is 0.0752. The largest absolute Gasteiger partial charge is 0.516 e. The molecule has 0 radical (unpaired) electrons. The summed E-state index contributed by atoms with van der Waals surface area (Å²) in [7, 11) is -5.50. The van der Waals surface area contributed by atoms with Crippen LogP contribution >= 0.6 is 0 Å². The molecule has 1 atom stereocenters. The van der Waals surface area contributed by atoms with Crippen molar-refractivity contribution in [1.82, 2.24) is 10.2 Å². The Morgan fingerprint density at radius 1 is 1.38 bits per heavy atom. The van der Waals surface area contributed by atoms with Crippen LogP contribution in [0.25, 0.3) is 0 Å². The van der Waals surface area contributed by atoms with Crippen molar-refractivity contribution < 1.29 is 26.4 Å². The first-order valence-electron chi connectivity index (χ1n) is 8.28. The number of anilines is 1. The number of aryl methyl sites for hydroxylation is 1. The van der Waals surface area contributed by atoms with Crippen LogP contribution in [0.15, 0.2) is 18.2 Å². The summed E-state index contributed by atoms with van der Waals surface area (Å²) in [5, 5.41) is 3.20. The van der Waals surface area contributed by atoms with Gasteiger partial charge in [-0.1, -0.05) is 6.92 Å². The maximum Gasteiger partial charge on any atom is 0.516 e. The van der Waals surface area contributed by atoms with Gasteiger partial charge < -0.3 is 10.2 Å². The van der Waals surface area contributed by atoms with Crippen LogP contribution in [0.3, 0.4) is 0 Å². The highest BCUT2D eigenvalue weighted by Gasteiger charge is 2.46. The topological polar surface area (TPSA) is 78.5 Å². The van der Waals surface area contributed by atoms with Crippen molar-refractivity contribution in [3.05, 3.63) is 29.3 Å². The molecular formula is C16H22F3N3O3S. The van der Waals surface area contributed by atoms with Crippen molar-refractivity contribution in [2.24, 2.45) is 0 Å². The Balaban J connectivity index is 2.23. The van der Waals surface area contributed by atoms with Gasteiger partial charge in [0.25, 0.3) is 5.91 Å². The van der Waals surface area contributed by atoms with Gasteiger partial charge in [0.05, 0.1) is 5.69 Å². The van der Waals surface area contributed by atoms with E-state index in [9.17, 15) is 26.4 Å². The predicted octanol–water partition coefficient (Wildman–Crippen LogP) is 2.47. The average molecular weight is 393 g/mol. The van der Waals surface area contributed by atoms with E-state index >= 15 is 0 Å². The lowest BCUT2D eigenvalue weighted by Gasteiger charge is -2.28. The molecule has 0 saturated carbocycles. The zero-order valence-electron chi connectivity index (χ0n) is 14.6. The van der Waals surface area contributed by atoms with Crippen molar-refractivity contribution in [1.29, 1.82) is 0 Å². The maximum atomic E-state index is 12.8. The summed E-state index contributed by atoms with van der Waals surface area (Å²) in [4.78, 5) is 14.6. The number of alkyl halides is 3. The molecule has 0 aliphatic carbocycles. The Morgan fingerprint density at radius 3 is 2.58 bits per heavy atom. The number of nitrogens with zero attached hydrogens (tertiary/aromatic N) is 1. The number of hydrogen-bond donors (Lipinski definition) is 2. The quantitative estimate of drug-likeness (QED) is 0.778. The molecule has 1 heterocycles. The van der Waals surface area contributed by atoms with Gasteiger partial charge in [-0.05, 0) is 50.1 Å². The lowest BCUT2D eigenvalue weighted by molar-refractivity contribution is -0.0429. The summed E-state index contributed by atoms with van der Waals surface area (Å²) in [6, 6.07) is 4.00. The lowest BCUT2D eigenvalue weighted by Crippen LogP contribution is -2.42. The number of hydrogen-bond acceptors (Lipinski definition) is 4. The molecule has 146 valence electrons. The van der Waals surface area contributed by atoms with E-state index in [4.69, 9.17) is 0 Å². The van der Waals surface area contributed by atoms with Gasteiger partial charge in [-0.3, -0.25) is 9.52 Å². The Kier molecular flexibility index (Phi) is 6.17. The van der Waals surface area contributed by atoms with E-state index in [1.807, 2.05) is 6.92 Å². The number of halogens is 3. The standard InChI is InChI=1S/C16H22F3N3O3S/c1-3-8-22(13-6-7-20-10-13)15(23)12-4-5-14(11(2)9-12)21-26(24,25)16(17,18)19/h4-5,9,13,20-21H,3,6-8,10H2,1-2H3. The highest BCUT2D eigenvalue weighted by Crippen LogP contribution is 2.27. The number of sulfonamides is 1. The molecule has 1 fully saturated rings. The van der Waals surface area contributed by atoms with Crippen LogP contribution in [0.2, 0.25) is 0 Å². The van der Waals surface area contributed by atoms with Gasteiger partial charge in [0.1, 0.15) is 0 Å². The van der Waals surface area contributed by atoms with Gasteiger partial charge in [0.15, 0.2) is 0 Å². The molecule has 1 aliphatic heterocycles. The Bertz CT molecular complexity index is 760. The van der Waals surface area contributed by atoms with Crippen LogP contribution in [0.4, 0.5) is 18.9 Å². The van der Waals surface area contributed by atoms with Gasteiger partial charge in [-0.15, -0.1) is 0 Å². The van der Waals surface area contributed by atoms with Gasteiger partial charge >= 0.3 is 15.5 Å². The molecule has 2 N–H and O–H groups in total. The average Bonchev–Trinajstić information content (AvgIpc) is 3.06. The summed E-state index contributed by atoms with van der Waals surface area (Å²) >= 11 is 0. The molecular weight excluding hydrogens is 371 g/mol. The first-order chi connectivity index (χ1) is 12.1. The van der Waals surface area contributed by atoms with E-state index < -0.39 is 15.5 Å². The third-order valence-corrected chi connectivity index (χ3v) is 5.32. The Hall–Kier alpha value is -1.81. The van der Waals surface area contributed by atoms with Crippen molar-refractivity contribution >= 4 is 21.6 Å². The second kappa shape index (κ2) is 7.83. The van der Waals surface area contributed by atoms with Gasteiger partial charge in [-0.25, -0.2) is 0 Å². The highest BCUT2D eigenvalue weighted by atomic mass is 32.2. The number of amides is 1. The van der Waals surface area contributed by atoms with E-state index in [1.165, 1.54) is 29.8 Å². The predicted molar refractivity (Wildman–Crippen MR) is 92.4 cm³/mol. The zero-order chi connectivity index (χ0) is 19.5. The van der Waals surface area contributed by atoms with Crippen molar-refractivity contribution in [3.8, 4) is 0 Å². The van der Waals surface area contributed by atoms with Crippen LogP contribution in [0, 0.1) is 6.92 Å². The molecule has 0 spiro atoms. The molecule has 1 aromatic rings. The molecule has 6 nitrogen and oxygen atoms in total. The second-order valence-corrected chi connectivity index (χ2v) is 7.90. The van der Waals surface area contributed by atoms with Crippen molar-refractivity contribution in [3.63, 3.8) is 0 Å². The summed E-state index contributed by atoms with van der Waals surface area (Å²) in [5.74, 6) is -0.214. The van der Waals surface area contributed by atoms with Crippen LogP contribution in [0.5, 0.6) is 0 Å². The summed E-state index contributed by atoms with van der Waals surface area (Å²) in [6.45, 7) is 5.52. The fraction of sp³-hybridized carbons (Fsp3) is 0.562. The minimum atomic E-state index is -5.50. The number of nitrogens with one attached hydrogen (secondary N) is 2. The molecule has 1 saturated heterocycles. The molecule has 1 aromatic carbocycles. The molecule has 1 unspecified atom stereocenters. The third kappa shape index (κ3) is 4.47. The third-order valence-electron chi connectivity index (χ3n) is 4.22. The number of rotatable bonds is 6. The smallest absolute Gasteiger partial charge is 0.334 e. The van der Waals surface area contributed by atoms with Crippen LogP contribution in [-0.2, 0) is 10.0 Å². The van der Waals surface area contributed by atoms with Gasteiger partial charge in [-0.2, -0.15) is 21.6 Å². The number of benzene rings is 1. The van der Waals surface area contributed by atoms with Gasteiger partial charge in [0.2, 0.25) is 0 Å². The lowest BCUT2D eigenvalue weighted by atomic mass is 10.1. The van der Waals surface area contributed by atoms with Crippen molar-refractivity contribution in [2.75, 3.05) is 24.4 Å². The van der Waals surface area contributed by atoms with Gasteiger partial charge in [0, 0.05) is 24.7 Å². The zero-order valence-corrected chi connectivity index (χ0v) is 15.4. The normalized spacial score (nSPS) is 18.0. The van der Waals surface area contributed by atoms with E-state index in [0.717, 1.165) is 19.4 Å². The molecule has 1 aliphatic rings. The summed E-state index contributed by atoms with van der Waals surface area (Å²) < 4.78 is 61.5. The van der Waals surface area contributed by atoms with E-state index in [2.05, 4.69) is 5.32 Å². The molecule has 0 aromatic heterocycles. The minimum Gasteiger partial charge on any atom is -0.334 e. The molecule has 0 bridgehead atoms. The summed E-state index contributed by atoms with van der Waals surface area (Å²) in [6.07, 6.45) is 1.62. The Morgan fingerprint density at radius 2 is 2.08 bits per heavy atom. The monoisotopic (exact) mass is 393 g/mol. The Labute approximate surface area is 150 Å². The fourth-order valence-electron chi connectivity index (χ4n) is 2.88. The van der Waals surface area contributed by atoms with Crippen LogP contribution < -0.4 is 10.0 Å². The SMILES string of the molecule is CCCN(C(=O)c1ccc(NS(=O)(=O)C(F)(F)F)c(C)c1)C1CCNC1. The van der Waals surface area contributed by atoms with E-state index in [0.29, 0.717) is 18.7 Å². The van der Waals surface area contributed by atoms with Crippen molar-refractivity contribution in [2.45, 2.75) is 38.2 Å². The molecule has 10 heteroatoms. The maximum absolute atomic E-state index is 12.8. The van der Waals surface area contributed by atoms with E-state index in [1.54, 1.807) is 4.90 Å². The first-order valence-corrected chi connectivity index (χ1v) is 9.76. The second-order valence-electron chi connectivity index (χ2n) is 6.23. The molecule has 26 heavy (non-hydrogen) atoms. The fourth-order valence-corrected chi connectivity index (χ4v) is 3.51. The highest BCUT2D eigenvalue weighted by molar-refractivity contribution is 7.93. The molecule has 2 rings (SSSR count).